The van der Waals surface area contributed by atoms with Crippen molar-refractivity contribution in [2.45, 2.75) is 0 Å². The third-order valence-corrected chi connectivity index (χ3v) is 3.70. The quantitative estimate of drug-likeness (QED) is 0.477. The molecule has 0 saturated carbocycles. The SMILES string of the molecule is Brc1ccc(-c2nn[nH]n2)nc1.Cn1nnc(-c2ccc(Br)cn2)n1. The van der Waals surface area contributed by atoms with E-state index >= 15 is 0 Å². The molecule has 0 atom stereocenters. The number of nitrogens with zero attached hydrogens (tertiary/aromatic N) is 9. The van der Waals surface area contributed by atoms with Gasteiger partial charge >= 0.3 is 0 Å². The van der Waals surface area contributed by atoms with Gasteiger partial charge in [-0.1, -0.05) is 0 Å². The smallest absolute Gasteiger partial charge is 0.223 e. The summed E-state index contributed by atoms with van der Waals surface area (Å²) in [7, 11) is 1.72. The van der Waals surface area contributed by atoms with Gasteiger partial charge in [-0.05, 0) is 66.6 Å². The molecule has 0 aromatic carbocycles. The minimum absolute atomic E-state index is 0.502. The largest absolute Gasteiger partial charge is 0.252 e. The fourth-order valence-corrected chi connectivity index (χ4v) is 2.14. The van der Waals surface area contributed by atoms with Crippen molar-refractivity contribution in [2.75, 3.05) is 0 Å². The fraction of sp³-hybridized carbons (Fsp3) is 0.0769. The number of rotatable bonds is 2. The zero-order valence-electron chi connectivity index (χ0n) is 12.7. The van der Waals surface area contributed by atoms with E-state index in [2.05, 4.69) is 77.9 Å². The summed E-state index contributed by atoms with van der Waals surface area (Å²) in [6.07, 6.45) is 3.39. The van der Waals surface area contributed by atoms with Crippen molar-refractivity contribution in [1.29, 1.82) is 0 Å². The van der Waals surface area contributed by atoms with Crippen molar-refractivity contribution in [1.82, 2.24) is 50.8 Å². The van der Waals surface area contributed by atoms with Crippen LogP contribution in [-0.4, -0.2) is 50.8 Å². The van der Waals surface area contributed by atoms with Gasteiger partial charge < -0.3 is 0 Å². The molecule has 0 spiro atoms. The van der Waals surface area contributed by atoms with Gasteiger partial charge in [0.15, 0.2) is 0 Å². The second-order valence-electron chi connectivity index (χ2n) is 4.56. The molecule has 0 aliphatic heterocycles. The molecule has 0 amide bonds. The van der Waals surface area contributed by atoms with Crippen LogP contribution in [0.2, 0.25) is 0 Å². The molecule has 4 rings (SSSR count). The van der Waals surface area contributed by atoms with Gasteiger partial charge in [0.2, 0.25) is 11.6 Å². The number of nitrogens with one attached hydrogen (secondary N) is 1. The molecule has 25 heavy (non-hydrogen) atoms. The zero-order valence-corrected chi connectivity index (χ0v) is 15.9. The van der Waals surface area contributed by atoms with Crippen LogP contribution in [0.3, 0.4) is 0 Å². The summed E-state index contributed by atoms with van der Waals surface area (Å²) in [5.41, 5.74) is 1.42. The lowest BCUT2D eigenvalue weighted by Gasteiger charge is -1.92. The predicted octanol–water partition coefficient (Wildman–Crippen LogP) is 2.06. The minimum atomic E-state index is 0.502. The van der Waals surface area contributed by atoms with E-state index in [1.54, 1.807) is 19.4 Å². The maximum absolute atomic E-state index is 4.14. The number of tetrazole rings is 2. The first-order chi connectivity index (χ1) is 12.1. The molecular formula is C13H10Br2N10. The van der Waals surface area contributed by atoms with Gasteiger partial charge in [-0.15, -0.1) is 20.4 Å². The van der Waals surface area contributed by atoms with Crippen molar-refractivity contribution in [3.8, 4) is 23.0 Å². The van der Waals surface area contributed by atoms with Crippen molar-refractivity contribution in [2.24, 2.45) is 7.05 Å². The van der Waals surface area contributed by atoms with E-state index < -0.39 is 0 Å². The summed E-state index contributed by atoms with van der Waals surface area (Å²) in [5, 5.41) is 25.0. The van der Waals surface area contributed by atoms with Gasteiger partial charge in [-0.3, -0.25) is 9.97 Å². The van der Waals surface area contributed by atoms with E-state index in [1.165, 1.54) is 4.80 Å². The normalized spacial score (nSPS) is 10.2. The second-order valence-corrected chi connectivity index (χ2v) is 6.39. The molecule has 4 aromatic heterocycles. The first kappa shape index (κ1) is 17.2. The Labute approximate surface area is 158 Å². The number of aryl methyl sites for hydroxylation is 1. The van der Waals surface area contributed by atoms with E-state index in [1.807, 2.05) is 24.3 Å². The molecule has 0 aliphatic rings. The highest BCUT2D eigenvalue weighted by atomic mass is 79.9. The van der Waals surface area contributed by atoms with Gasteiger partial charge in [0.25, 0.3) is 0 Å². The lowest BCUT2D eigenvalue weighted by molar-refractivity contribution is 0.630. The summed E-state index contributed by atoms with van der Waals surface area (Å²) in [4.78, 5) is 9.63. The zero-order chi connectivity index (χ0) is 17.6. The Morgan fingerprint density at radius 3 is 1.96 bits per heavy atom. The molecule has 0 radical (unpaired) electrons. The number of hydrogen-bond donors (Lipinski definition) is 1. The van der Waals surface area contributed by atoms with Gasteiger partial charge in [0.05, 0.1) is 7.05 Å². The molecule has 0 unspecified atom stereocenters. The highest BCUT2D eigenvalue weighted by Crippen LogP contribution is 2.14. The van der Waals surface area contributed by atoms with Crippen LogP contribution in [0, 0.1) is 0 Å². The molecule has 12 heteroatoms. The highest BCUT2D eigenvalue weighted by Gasteiger charge is 2.04. The summed E-state index contributed by atoms with van der Waals surface area (Å²) in [6.45, 7) is 0. The molecule has 4 aromatic rings. The van der Waals surface area contributed by atoms with Crippen LogP contribution in [0.4, 0.5) is 0 Å². The molecular weight excluding hydrogens is 456 g/mol. The second kappa shape index (κ2) is 7.98. The topological polar surface area (TPSA) is 124 Å². The maximum Gasteiger partial charge on any atom is 0.223 e. The first-order valence-electron chi connectivity index (χ1n) is 6.83. The predicted molar refractivity (Wildman–Crippen MR) is 94.8 cm³/mol. The average molecular weight is 466 g/mol. The van der Waals surface area contributed by atoms with E-state index in [0.29, 0.717) is 17.3 Å². The van der Waals surface area contributed by atoms with E-state index in [9.17, 15) is 0 Å². The summed E-state index contributed by atoms with van der Waals surface area (Å²) < 4.78 is 1.86. The lowest BCUT2D eigenvalue weighted by Crippen LogP contribution is -1.92. The highest BCUT2D eigenvalue weighted by molar-refractivity contribution is 9.10. The van der Waals surface area contributed by atoms with Gasteiger partial charge in [0, 0.05) is 21.3 Å². The Morgan fingerprint density at radius 2 is 1.52 bits per heavy atom. The van der Waals surface area contributed by atoms with Crippen molar-refractivity contribution in [3.63, 3.8) is 0 Å². The third kappa shape index (κ3) is 4.70. The Balaban J connectivity index is 0.000000146. The van der Waals surface area contributed by atoms with Crippen LogP contribution in [0.1, 0.15) is 0 Å². The summed E-state index contributed by atoms with van der Waals surface area (Å²) in [5.74, 6) is 1.04. The standard InChI is InChI=1S/C7H6BrN5.C6H4BrN5/c1-13-11-7(10-12-13)6-3-2-5(8)4-9-6;7-4-1-2-5(8-3-4)6-9-11-12-10-6/h2-4H,1H3;1-3H,(H,9,10,11,12). The lowest BCUT2D eigenvalue weighted by atomic mass is 10.3. The number of pyridine rings is 2. The Kier molecular flexibility index (Phi) is 5.50. The van der Waals surface area contributed by atoms with Gasteiger partial charge in [-0.25, -0.2) is 0 Å². The van der Waals surface area contributed by atoms with Crippen LogP contribution in [0.25, 0.3) is 23.0 Å². The average Bonchev–Trinajstić information content (AvgIpc) is 3.29. The summed E-state index contributed by atoms with van der Waals surface area (Å²) >= 11 is 6.58. The van der Waals surface area contributed by atoms with Gasteiger partial charge in [0.1, 0.15) is 11.4 Å². The van der Waals surface area contributed by atoms with Crippen molar-refractivity contribution in [3.05, 3.63) is 45.6 Å². The fourth-order valence-electron chi connectivity index (χ4n) is 1.67. The molecule has 10 nitrogen and oxygen atoms in total. The number of halogens is 2. The number of aromatic amines is 1. The molecule has 0 fully saturated rings. The maximum atomic E-state index is 4.14. The minimum Gasteiger partial charge on any atom is -0.252 e. The third-order valence-electron chi connectivity index (χ3n) is 2.77. The monoisotopic (exact) mass is 464 g/mol. The molecule has 4 heterocycles. The van der Waals surface area contributed by atoms with Crippen LogP contribution < -0.4 is 0 Å². The Bertz CT molecular complexity index is 918. The van der Waals surface area contributed by atoms with Crippen LogP contribution in [0.15, 0.2) is 45.6 Å². The van der Waals surface area contributed by atoms with Crippen LogP contribution in [0.5, 0.6) is 0 Å². The van der Waals surface area contributed by atoms with E-state index in [-0.39, 0.29) is 0 Å². The Hall–Kier alpha value is -2.60. The van der Waals surface area contributed by atoms with Gasteiger partial charge in [-0.2, -0.15) is 10.0 Å². The molecule has 126 valence electrons. The summed E-state index contributed by atoms with van der Waals surface area (Å²) in [6, 6.07) is 7.41. The van der Waals surface area contributed by atoms with E-state index in [0.717, 1.165) is 14.6 Å². The van der Waals surface area contributed by atoms with Crippen LogP contribution >= 0.6 is 31.9 Å². The van der Waals surface area contributed by atoms with Crippen LogP contribution in [-0.2, 0) is 7.05 Å². The number of hydrogen-bond acceptors (Lipinski definition) is 8. The molecule has 0 bridgehead atoms. The molecule has 0 saturated heterocycles. The molecule has 1 N–H and O–H groups in total. The van der Waals surface area contributed by atoms with Crippen molar-refractivity contribution >= 4 is 31.9 Å². The Morgan fingerprint density at radius 1 is 0.880 bits per heavy atom. The number of H-pyrrole nitrogens is 1. The van der Waals surface area contributed by atoms with E-state index in [4.69, 9.17) is 0 Å². The first-order valence-corrected chi connectivity index (χ1v) is 8.42. The van der Waals surface area contributed by atoms with Crippen molar-refractivity contribution < 1.29 is 0 Å². The molecule has 0 aliphatic carbocycles. The number of aromatic nitrogens is 10.